The first-order chi connectivity index (χ1) is 12.9. The van der Waals surface area contributed by atoms with Crippen LogP contribution >= 0.6 is 0 Å². The number of unbranched alkanes of at least 4 members (excludes halogenated alkanes) is 1. The van der Waals surface area contributed by atoms with Gasteiger partial charge in [-0.3, -0.25) is 4.79 Å². The van der Waals surface area contributed by atoms with E-state index < -0.39 is 21.7 Å². The average Bonchev–Trinajstić information content (AvgIpc) is 2.98. The molecule has 1 aromatic heterocycles. The number of ether oxygens (including phenoxy) is 2. The summed E-state index contributed by atoms with van der Waals surface area (Å²) in [6.07, 6.45) is 1.71. The second kappa shape index (κ2) is 8.59. The van der Waals surface area contributed by atoms with Gasteiger partial charge in [0.1, 0.15) is 11.5 Å². The summed E-state index contributed by atoms with van der Waals surface area (Å²) in [6.45, 7) is 2.88. The minimum absolute atomic E-state index is 0.106. The molecule has 2 aliphatic rings. The predicted molar refractivity (Wildman–Crippen MR) is 95.2 cm³/mol. The van der Waals surface area contributed by atoms with Crippen molar-refractivity contribution in [2.45, 2.75) is 38.0 Å². The maximum atomic E-state index is 12.9. The number of sulfonamides is 1. The topological polar surface area (TPSA) is 97.8 Å². The Kier molecular flexibility index (Phi) is 6.40. The monoisotopic (exact) mass is 401 g/mol. The molecule has 3 heterocycles. The highest BCUT2D eigenvalue weighted by Gasteiger charge is 2.41. The molecule has 150 valence electrons. The molecule has 2 fully saturated rings. The lowest BCUT2D eigenvalue weighted by molar-refractivity contribution is -0.00461. The van der Waals surface area contributed by atoms with Crippen LogP contribution in [0, 0.1) is 5.82 Å². The molecule has 1 aromatic rings. The van der Waals surface area contributed by atoms with Crippen LogP contribution in [-0.2, 0) is 19.5 Å². The van der Waals surface area contributed by atoms with Crippen molar-refractivity contribution in [3.05, 3.63) is 29.8 Å². The fraction of sp³-hybridized carbons (Fsp3) is 0.647. The molecule has 2 atom stereocenters. The van der Waals surface area contributed by atoms with E-state index in [4.69, 9.17) is 9.47 Å². The molecular formula is C17H24FN3O5S. The standard InChI is InChI=1S/C17H24FN3O5S/c1-2-3-6-27(23,24)21-8-15-16(9-21)26-11-13(10-25-15)20-17(22)14-5-4-12(18)7-19-14/h4-5,7,13,15-16H,2-3,6,8-11H2,1H3,(H,20,22)/t15-,16-/m0/s1. The molecule has 0 spiro atoms. The van der Waals surface area contributed by atoms with Gasteiger partial charge in [0.2, 0.25) is 10.0 Å². The second-order valence-electron chi connectivity index (χ2n) is 6.76. The van der Waals surface area contributed by atoms with Gasteiger partial charge < -0.3 is 14.8 Å². The van der Waals surface area contributed by atoms with Crippen LogP contribution in [0.15, 0.2) is 18.3 Å². The van der Waals surface area contributed by atoms with Gasteiger partial charge in [-0.05, 0) is 18.6 Å². The van der Waals surface area contributed by atoms with E-state index in [1.807, 2.05) is 6.92 Å². The first-order valence-electron chi connectivity index (χ1n) is 9.02. The number of hydrogen-bond acceptors (Lipinski definition) is 6. The van der Waals surface area contributed by atoms with E-state index in [9.17, 15) is 17.6 Å². The van der Waals surface area contributed by atoms with Gasteiger partial charge in [0.15, 0.2) is 0 Å². The third kappa shape index (κ3) is 5.01. The highest BCUT2D eigenvalue weighted by atomic mass is 32.2. The number of halogens is 1. The van der Waals surface area contributed by atoms with Gasteiger partial charge in [-0.25, -0.2) is 17.8 Å². The van der Waals surface area contributed by atoms with Crippen molar-refractivity contribution >= 4 is 15.9 Å². The molecule has 2 saturated heterocycles. The van der Waals surface area contributed by atoms with Crippen LogP contribution in [0.25, 0.3) is 0 Å². The van der Waals surface area contributed by atoms with Crippen LogP contribution < -0.4 is 5.32 Å². The smallest absolute Gasteiger partial charge is 0.270 e. The molecule has 0 radical (unpaired) electrons. The van der Waals surface area contributed by atoms with Gasteiger partial charge in [0.25, 0.3) is 5.91 Å². The highest BCUT2D eigenvalue weighted by Crippen LogP contribution is 2.23. The normalized spacial score (nSPS) is 24.4. The molecule has 3 rings (SSSR count). The molecule has 0 unspecified atom stereocenters. The van der Waals surface area contributed by atoms with E-state index >= 15 is 0 Å². The number of nitrogens with one attached hydrogen (secondary N) is 1. The zero-order valence-electron chi connectivity index (χ0n) is 15.1. The Balaban J connectivity index is 1.53. The summed E-state index contributed by atoms with van der Waals surface area (Å²) in [5, 5.41) is 2.75. The largest absolute Gasteiger partial charge is 0.372 e. The molecule has 0 bridgehead atoms. The number of pyridine rings is 1. The average molecular weight is 401 g/mol. The highest BCUT2D eigenvalue weighted by molar-refractivity contribution is 7.89. The zero-order chi connectivity index (χ0) is 19.4. The minimum Gasteiger partial charge on any atom is -0.372 e. The van der Waals surface area contributed by atoms with Gasteiger partial charge in [0, 0.05) is 13.1 Å². The lowest BCUT2D eigenvalue weighted by Gasteiger charge is -2.19. The fourth-order valence-corrected chi connectivity index (χ4v) is 4.75. The summed E-state index contributed by atoms with van der Waals surface area (Å²) < 4.78 is 50.6. The summed E-state index contributed by atoms with van der Waals surface area (Å²) in [5.74, 6) is -0.825. The van der Waals surface area contributed by atoms with Crippen molar-refractivity contribution in [1.29, 1.82) is 0 Å². The number of amides is 1. The zero-order valence-corrected chi connectivity index (χ0v) is 16.0. The SMILES string of the molecule is CCCCS(=O)(=O)N1C[C@@H]2OCC(NC(=O)c3ccc(F)cn3)CO[C@H]2C1. The third-order valence-electron chi connectivity index (χ3n) is 4.65. The van der Waals surface area contributed by atoms with Crippen molar-refractivity contribution in [1.82, 2.24) is 14.6 Å². The van der Waals surface area contributed by atoms with Gasteiger partial charge >= 0.3 is 0 Å². The summed E-state index contributed by atoms with van der Waals surface area (Å²) >= 11 is 0. The van der Waals surface area contributed by atoms with E-state index in [1.165, 1.54) is 16.4 Å². The third-order valence-corrected chi connectivity index (χ3v) is 6.54. The minimum atomic E-state index is -3.30. The van der Waals surface area contributed by atoms with Gasteiger partial charge in [0.05, 0.1) is 43.4 Å². The number of carbonyl (C=O) groups is 1. The molecule has 2 aliphatic heterocycles. The van der Waals surface area contributed by atoms with Crippen molar-refractivity contribution in [2.24, 2.45) is 0 Å². The quantitative estimate of drug-likeness (QED) is 0.748. The molecule has 27 heavy (non-hydrogen) atoms. The Morgan fingerprint density at radius 3 is 2.52 bits per heavy atom. The molecule has 1 N–H and O–H groups in total. The van der Waals surface area contributed by atoms with Crippen molar-refractivity contribution in [2.75, 3.05) is 32.1 Å². The number of carbonyl (C=O) groups excluding carboxylic acids is 1. The van der Waals surface area contributed by atoms with E-state index in [0.29, 0.717) is 6.42 Å². The predicted octanol–water partition coefficient (Wildman–Crippen LogP) is 0.549. The van der Waals surface area contributed by atoms with E-state index in [0.717, 1.165) is 12.6 Å². The van der Waals surface area contributed by atoms with E-state index in [2.05, 4.69) is 10.3 Å². The maximum Gasteiger partial charge on any atom is 0.270 e. The summed E-state index contributed by atoms with van der Waals surface area (Å²) in [7, 11) is -3.30. The number of fused-ring (bicyclic) bond motifs is 1. The first kappa shape index (κ1) is 20.1. The first-order valence-corrected chi connectivity index (χ1v) is 10.6. The summed E-state index contributed by atoms with van der Waals surface area (Å²) in [4.78, 5) is 15.9. The van der Waals surface area contributed by atoms with Gasteiger partial charge in [-0.1, -0.05) is 13.3 Å². The Labute approximate surface area is 158 Å². The molecule has 10 heteroatoms. The second-order valence-corrected chi connectivity index (χ2v) is 8.85. The Morgan fingerprint density at radius 1 is 1.30 bits per heavy atom. The number of aromatic nitrogens is 1. The molecular weight excluding hydrogens is 377 g/mol. The summed E-state index contributed by atoms with van der Waals surface area (Å²) in [6, 6.07) is 2.08. The number of nitrogens with zero attached hydrogens (tertiary/aromatic N) is 2. The van der Waals surface area contributed by atoms with Crippen LogP contribution in [-0.4, -0.2) is 73.9 Å². The molecule has 1 amide bonds. The molecule has 0 aromatic carbocycles. The number of hydrogen-bond donors (Lipinski definition) is 1. The maximum absolute atomic E-state index is 12.9. The van der Waals surface area contributed by atoms with Crippen LogP contribution in [0.2, 0.25) is 0 Å². The summed E-state index contributed by atoms with van der Waals surface area (Å²) in [5.41, 5.74) is 0.106. The Bertz CT molecular complexity index is 742. The molecule has 0 aliphatic carbocycles. The van der Waals surface area contributed by atoms with Gasteiger partial charge in [-0.15, -0.1) is 0 Å². The molecule has 0 saturated carbocycles. The van der Waals surface area contributed by atoms with E-state index in [-0.39, 0.29) is 56.0 Å². The fourth-order valence-electron chi connectivity index (χ4n) is 3.09. The van der Waals surface area contributed by atoms with Crippen LogP contribution in [0.5, 0.6) is 0 Å². The van der Waals surface area contributed by atoms with Crippen LogP contribution in [0.4, 0.5) is 4.39 Å². The lowest BCUT2D eigenvalue weighted by Crippen LogP contribution is -2.41. The van der Waals surface area contributed by atoms with Crippen LogP contribution in [0.3, 0.4) is 0 Å². The number of rotatable bonds is 6. The molecule has 8 nitrogen and oxygen atoms in total. The Hall–Kier alpha value is -1.62. The van der Waals surface area contributed by atoms with Crippen LogP contribution in [0.1, 0.15) is 30.3 Å². The van der Waals surface area contributed by atoms with Crippen molar-refractivity contribution in [3.8, 4) is 0 Å². The van der Waals surface area contributed by atoms with Gasteiger partial charge in [-0.2, -0.15) is 4.31 Å². The van der Waals surface area contributed by atoms with Crippen molar-refractivity contribution in [3.63, 3.8) is 0 Å². The lowest BCUT2D eigenvalue weighted by atomic mass is 10.3. The van der Waals surface area contributed by atoms with E-state index in [1.54, 1.807) is 0 Å². The Morgan fingerprint density at radius 2 is 1.96 bits per heavy atom. The van der Waals surface area contributed by atoms with Crippen molar-refractivity contribution < 1.29 is 27.1 Å².